The summed E-state index contributed by atoms with van der Waals surface area (Å²) in [5.41, 5.74) is 0. The summed E-state index contributed by atoms with van der Waals surface area (Å²) >= 11 is 0. The normalized spacial score (nSPS) is 12.9. The minimum absolute atomic E-state index is 0.108. The molecule has 6 heteroatoms. The fourth-order valence-electron chi connectivity index (χ4n) is 9.40. The molecule has 0 heterocycles. The number of carbonyl (C=O) groups is 3. The van der Waals surface area contributed by atoms with Crippen molar-refractivity contribution in [3.8, 4) is 0 Å². The average Bonchev–Trinajstić information content (AvgIpc) is 3.47. The molecule has 0 aliphatic rings. The quantitative estimate of drug-likeness (QED) is 0.0261. The highest BCUT2D eigenvalue weighted by Crippen LogP contribution is 2.17. The van der Waals surface area contributed by atoms with Gasteiger partial charge in [0.05, 0.1) is 0 Å². The summed E-state index contributed by atoms with van der Waals surface area (Å²) in [7, 11) is 0. The first kappa shape index (κ1) is 76.8. The van der Waals surface area contributed by atoms with Crippen LogP contribution in [0, 0.1) is 0 Å². The van der Waals surface area contributed by atoms with E-state index in [2.05, 4.69) is 142 Å². The van der Waals surface area contributed by atoms with Gasteiger partial charge in [-0.3, -0.25) is 14.4 Å². The van der Waals surface area contributed by atoms with Crippen molar-refractivity contribution in [3.63, 3.8) is 0 Å². The zero-order valence-corrected chi connectivity index (χ0v) is 53.0. The lowest BCUT2D eigenvalue weighted by Crippen LogP contribution is -2.30. The molecule has 1 unspecified atom stereocenters. The maximum atomic E-state index is 12.9. The molecule has 0 spiro atoms. The number of allylic oxidation sites excluding steroid dienone is 20. The van der Waals surface area contributed by atoms with E-state index in [1.54, 1.807) is 0 Å². The van der Waals surface area contributed by atoms with Crippen LogP contribution < -0.4 is 0 Å². The maximum absolute atomic E-state index is 12.9. The molecular formula is C75H126O6. The van der Waals surface area contributed by atoms with Gasteiger partial charge in [0.15, 0.2) is 6.10 Å². The van der Waals surface area contributed by atoms with Crippen LogP contribution in [0.1, 0.15) is 316 Å². The van der Waals surface area contributed by atoms with E-state index in [1.165, 1.54) is 161 Å². The Morgan fingerprint density at radius 3 is 0.778 bits per heavy atom. The van der Waals surface area contributed by atoms with E-state index in [0.717, 1.165) is 103 Å². The minimum Gasteiger partial charge on any atom is -0.462 e. The van der Waals surface area contributed by atoms with Crippen LogP contribution in [0.15, 0.2) is 122 Å². The second kappa shape index (κ2) is 68.3. The lowest BCUT2D eigenvalue weighted by molar-refractivity contribution is -0.167. The Morgan fingerprint density at radius 1 is 0.259 bits per heavy atom. The molecule has 0 aromatic rings. The minimum atomic E-state index is -0.820. The molecule has 462 valence electrons. The van der Waals surface area contributed by atoms with Gasteiger partial charge in [-0.2, -0.15) is 0 Å². The summed E-state index contributed by atoms with van der Waals surface area (Å²) in [6.45, 7) is 6.35. The van der Waals surface area contributed by atoms with Gasteiger partial charge in [0, 0.05) is 19.3 Å². The second-order valence-corrected chi connectivity index (χ2v) is 22.3. The fourth-order valence-corrected chi connectivity index (χ4v) is 9.40. The van der Waals surface area contributed by atoms with Crippen LogP contribution in [-0.2, 0) is 28.6 Å². The molecule has 0 aliphatic heterocycles. The molecule has 0 saturated carbocycles. The van der Waals surface area contributed by atoms with E-state index in [9.17, 15) is 14.4 Å². The summed E-state index contributed by atoms with van der Waals surface area (Å²) in [6.07, 6.45) is 95.3. The van der Waals surface area contributed by atoms with Crippen LogP contribution in [0.2, 0.25) is 0 Å². The third-order valence-electron chi connectivity index (χ3n) is 14.4. The zero-order valence-electron chi connectivity index (χ0n) is 53.0. The van der Waals surface area contributed by atoms with Crippen molar-refractivity contribution in [2.24, 2.45) is 0 Å². The Labute approximate surface area is 501 Å². The lowest BCUT2D eigenvalue weighted by Gasteiger charge is -2.18. The van der Waals surface area contributed by atoms with Crippen molar-refractivity contribution in [1.29, 1.82) is 0 Å². The summed E-state index contributed by atoms with van der Waals surface area (Å²) in [5, 5.41) is 0. The molecular weight excluding hydrogens is 997 g/mol. The Balaban J connectivity index is 4.22. The number of hydrogen-bond acceptors (Lipinski definition) is 6. The van der Waals surface area contributed by atoms with Crippen molar-refractivity contribution in [1.82, 2.24) is 0 Å². The van der Waals surface area contributed by atoms with Crippen molar-refractivity contribution in [2.45, 2.75) is 322 Å². The van der Waals surface area contributed by atoms with Gasteiger partial charge in [0.25, 0.3) is 0 Å². The van der Waals surface area contributed by atoms with Gasteiger partial charge < -0.3 is 14.2 Å². The van der Waals surface area contributed by atoms with Crippen LogP contribution >= 0.6 is 0 Å². The topological polar surface area (TPSA) is 78.9 Å². The van der Waals surface area contributed by atoms with Crippen LogP contribution in [-0.4, -0.2) is 37.2 Å². The molecule has 0 N–H and O–H groups in total. The second-order valence-electron chi connectivity index (χ2n) is 22.3. The first-order chi connectivity index (χ1) is 40.0. The molecule has 0 saturated heterocycles. The summed E-state index contributed by atoms with van der Waals surface area (Å²) in [5.74, 6) is -0.988. The van der Waals surface area contributed by atoms with Crippen LogP contribution in [0.5, 0.6) is 0 Å². The van der Waals surface area contributed by atoms with Crippen molar-refractivity contribution in [2.75, 3.05) is 13.2 Å². The van der Waals surface area contributed by atoms with Crippen molar-refractivity contribution < 1.29 is 28.6 Å². The van der Waals surface area contributed by atoms with E-state index < -0.39 is 6.10 Å². The van der Waals surface area contributed by atoms with E-state index in [-0.39, 0.29) is 37.5 Å². The first-order valence-electron chi connectivity index (χ1n) is 34.0. The summed E-state index contributed by atoms with van der Waals surface area (Å²) in [6, 6.07) is 0. The van der Waals surface area contributed by atoms with Gasteiger partial charge in [-0.25, -0.2) is 0 Å². The standard InChI is InChI=1S/C75H126O6/c1-4-7-10-13-16-19-22-25-28-29-30-31-32-33-34-35-36-37-38-39-40-41-42-43-44-45-48-50-53-56-59-62-65-68-74(77)80-71-72(81-75(78)69-66-63-60-57-54-51-47-27-24-21-18-15-12-9-6-3)70-79-73(76)67-64-61-58-55-52-49-46-26-23-20-17-14-11-8-5-2/h8-9,11-12,17-18,20-22,25-27,29-30,46-47,52,54-55,57,72H,4-7,10,13-16,19,23-24,28,31-45,48-51,53,56,58-71H2,1-3H3/b11-8-,12-9-,20-17-,21-18-,25-22-,30-29-,46-26-,47-27-,55-52-,57-54-. The molecule has 0 rings (SSSR count). The molecule has 81 heavy (non-hydrogen) atoms. The highest BCUT2D eigenvalue weighted by atomic mass is 16.6. The highest BCUT2D eigenvalue weighted by molar-refractivity contribution is 5.71. The molecule has 1 atom stereocenters. The predicted molar refractivity (Wildman–Crippen MR) is 353 cm³/mol. The third-order valence-corrected chi connectivity index (χ3v) is 14.4. The van der Waals surface area contributed by atoms with Crippen molar-refractivity contribution >= 4 is 17.9 Å². The molecule has 0 radical (unpaired) electrons. The van der Waals surface area contributed by atoms with Gasteiger partial charge in [0.2, 0.25) is 0 Å². The third kappa shape index (κ3) is 66.5. The SMILES string of the molecule is CC/C=C\C/C=C\C/C=C\C/C=C\CCCCC(=O)OCC(COC(=O)CCCCCCCCCCCCCCCCCCCCCCC/C=C\C/C=C\CCCCCCC)OC(=O)CCCC/C=C\C/C=C\C/C=C\C/C=C\CC. The summed E-state index contributed by atoms with van der Waals surface area (Å²) < 4.78 is 16.8. The number of ether oxygens (including phenoxy) is 3. The first-order valence-corrected chi connectivity index (χ1v) is 34.0. The largest absolute Gasteiger partial charge is 0.462 e. The predicted octanol–water partition coefficient (Wildman–Crippen LogP) is 23.6. The maximum Gasteiger partial charge on any atom is 0.306 e. The van der Waals surface area contributed by atoms with Crippen LogP contribution in [0.25, 0.3) is 0 Å². The fraction of sp³-hybridized carbons (Fsp3) is 0.693. The summed E-state index contributed by atoms with van der Waals surface area (Å²) in [4.78, 5) is 38.3. The number of carbonyl (C=O) groups excluding carboxylic acids is 3. The van der Waals surface area contributed by atoms with E-state index >= 15 is 0 Å². The average molecular weight is 1120 g/mol. The molecule has 6 nitrogen and oxygen atoms in total. The van der Waals surface area contributed by atoms with Gasteiger partial charge in [-0.15, -0.1) is 0 Å². The van der Waals surface area contributed by atoms with Crippen LogP contribution in [0.3, 0.4) is 0 Å². The lowest BCUT2D eigenvalue weighted by atomic mass is 10.0. The Hall–Kier alpha value is -4.19. The molecule has 0 fully saturated rings. The van der Waals surface area contributed by atoms with Gasteiger partial charge >= 0.3 is 17.9 Å². The Bertz CT molecular complexity index is 1670. The monoisotopic (exact) mass is 1120 g/mol. The molecule has 0 aromatic carbocycles. The highest BCUT2D eigenvalue weighted by Gasteiger charge is 2.19. The molecule has 0 aromatic heterocycles. The van der Waals surface area contributed by atoms with E-state index in [1.807, 2.05) is 0 Å². The number of esters is 3. The molecule has 0 amide bonds. The molecule has 0 aliphatic carbocycles. The van der Waals surface area contributed by atoms with Gasteiger partial charge in [0.1, 0.15) is 13.2 Å². The Morgan fingerprint density at radius 2 is 0.481 bits per heavy atom. The number of rotatable bonds is 61. The Kier molecular flexibility index (Phi) is 64.8. The van der Waals surface area contributed by atoms with E-state index in [4.69, 9.17) is 14.2 Å². The van der Waals surface area contributed by atoms with Gasteiger partial charge in [-0.05, 0) is 128 Å². The van der Waals surface area contributed by atoms with E-state index in [0.29, 0.717) is 25.7 Å². The zero-order chi connectivity index (χ0) is 58.5. The van der Waals surface area contributed by atoms with Crippen molar-refractivity contribution in [3.05, 3.63) is 122 Å². The van der Waals surface area contributed by atoms with Gasteiger partial charge in [-0.1, -0.05) is 290 Å². The number of unbranched alkanes of at least 4 members (excludes halogenated alkanes) is 30. The number of hydrogen-bond donors (Lipinski definition) is 0. The smallest absolute Gasteiger partial charge is 0.306 e. The van der Waals surface area contributed by atoms with Crippen LogP contribution in [0.4, 0.5) is 0 Å². The molecule has 0 bridgehead atoms.